The van der Waals surface area contributed by atoms with Crippen molar-refractivity contribution >= 4 is 21.9 Å². The van der Waals surface area contributed by atoms with E-state index in [0.717, 1.165) is 5.56 Å². The highest BCUT2D eigenvalue weighted by Crippen LogP contribution is 2.44. The summed E-state index contributed by atoms with van der Waals surface area (Å²) in [6, 6.07) is 4.66. The first kappa shape index (κ1) is 18.5. The molecule has 8 nitrogen and oxygen atoms in total. The third-order valence-electron chi connectivity index (χ3n) is 3.92. The Bertz CT molecular complexity index is 731. The topological polar surface area (TPSA) is 105 Å². The fourth-order valence-corrected chi connectivity index (χ4v) is 3.36. The molecule has 1 amide bonds. The number of ether oxygens (including phenoxy) is 2. The Morgan fingerprint density at radius 1 is 1.46 bits per heavy atom. The van der Waals surface area contributed by atoms with Crippen molar-refractivity contribution in [1.82, 2.24) is 5.32 Å². The molecule has 0 saturated carbocycles. The van der Waals surface area contributed by atoms with Crippen LogP contribution in [0.5, 0.6) is 5.75 Å². The number of benzene rings is 1. The zero-order valence-corrected chi connectivity index (χ0v) is 14.9. The summed E-state index contributed by atoms with van der Waals surface area (Å²) in [6.07, 6.45) is -0.509. The van der Waals surface area contributed by atoms with Crippen LogP contribution < -0.4 is 14.4 Å². The Hall–Kier alpha value is -1.84. The van der Waals surface area contributed by atoms with Gasteiger partial charge < -0.3 is 14.8 Å². The lowest BCUT2D eigenvalue weighted by Gasteiger charge is -2.25. The molecule has 1 heterocycles. The highest BCUT2D eigenvalue weighted by Gasteiger charge is 2.42. The molecule has 2 N–H and O–H groups in total. The zero-order chi connectivity index (χ0) is 18.1. The van der Waals surface area contributed by atoms with E-state index in [9.17, 15) is 17.8 Å². The van der Waals surface area contributed by atoms with Gasteiger partial charge in [-0.3, -0.25) is 9.35 Å². The van der Waals surface area contributed by atoms with E-state index < -0.39 is 34.5 Å². The third kappa shape index (κ3) is 3.47. The van der Waals surface area contributed by atoms with Gasteiger partial charge in [-0.25, -0.2) is 4.31 Å². The second kappa shape index (κ2) is 6.58. The monoisotopic (exact) mass is 358 g/mol. The minimum atomic E-state index is -4.60. The molecule has 134 valence electrons. The molecular formula is C15H22N2O6S. The van der Waals surface area contributed by atoms with Crippen molar-refractivity contribution in [3.05, 3.63) is 23.8 Å². The fraction of sp³-hybridized carbons (Fsp3) is 0.533. The molecule has 1 aliphatic heterocycles. The maximum atomic E-state index is 11.8. The molecule has 9 heteroatoms. The van der Waals surface area contributed by atoms with E-state index in [2.05, 4.69) is 5.32 Å². The highest BCUT2D eigenvalue weighted by atomic mass is 32.2. The molecule has 0 bridgehead atoms. The lowest BCUT2D eigenvalue weighted by atomic mass is 9.85. The summed E-state index contributed by atoms with van der Waals surface area (Å²) in [5.74, 6) is 0.0600. The summed E-state index contributed by atoms with van der Waals surface area (Å²) in [5, 5.41) is 2.50. The van der Waals surface area contributed by atoms with Gasteiger partial charge in [-0.1, -0.05) is 0 Å². The highest BCUT2D eigenvalue weighted by molar-refractivity contribution is 7.87. The first-order valence-corrected chi connectivity index (χ1v) is 8.86. The van der Waals surface area contributed by atoms with Gasteiger partial charge in [0.2, 0.25) is 12.2 Å². The van der Waals surface area contributed by atoms with E-state index in [1.165, 1.54) is 13.2 Å². The normalized spacial score (nSPS) is 18.6. The number of hydrogen-bond acceptors (Lipinski definition) is 5. The summed E-state index contributed by atoms with van der Waals surface area (Å²) in [7, 11) is -3.08. The predicted octanol–water partition coefficient (Wildman–Crippen LogP) is 1.07. The van der Waals surface area contributed by atoms with Crippen LogP contribution in [0.15, 0.2) is 18.2 Å². The van der Waals surface area contributed by atoms with Crippen molar-refractivity contribution in [2.75, 3.05) is 24.5 Å². The van der Waals surface area contributed by atoms with Crippen LogP contribution in [-0.4, -0.2) is 45.4 Å². The number of fused-ring (bicyclic) bond motifs is 1. The second-order valence-electron chi connectivity index (χ2n) is 6.03. The minimum absolute atomic E-state index is 0.177. The average Bonchev–Trinajstić information content (AvgIpc) is 2.74. The number of methoxy groups -OCH3 is 1. The standard InChI is InChI=1S/C15H22N2O6S/c1-5-16-13(18)9-17(24(19,20)21)10-6-7-12-11(8-10)15(2,3)14(22-4)23-12/h6-8,14H,5,9H2,1-4H3,(H,16,18)(H,19,20,21). The van der Waals surface area contributed by atoms with E-state index in [4.69, 9.17) is 9.47 Å². The predicted molar refractivity (Wildman–Crippen MR) is 88.5 cm³/mol. The van der Waals surface area contributed by atoms with Crippen molar-refractivity contribution in [2.24, 2.45) is 0 Å². The largest absolute Gasteiger partial charge is 0.464 e. The van der Waals surface area contributed by atoms with Crippen molar-refractivity contribution in [1.29, 1.82) is 0 Å². The molecule has 2 rings (SSSR count). The Kier molecular flexibility index (Phi) is 5.07. The van der Waals surface area contributed by atoms with E-state index in [0.29, 0.717) is 16.6 Å². The fourth-order valence-electron chi connectivity index (χ4n) is 2.70. The van der Waals surface area contributed by atoms with Crippen LogP contribution in [0.25, 0.3) is 0 Å². The zero-order valence-electron chi connectivity index (χ0n) is 14.1. The number of nitrogens with one attached hydrogen (secondary N) is 1. The summed E-state index contributed by atoms with van der Waals surface area (Å²) in [6.45, 7) is 5.37. The molecular weight excluding hydrogens is 336 g/mol. The van der Waals surface area contributed by atoms with Gasteiger partial charge in [0, 0.05) is 19.2 Å². The number of amides is 1. The molecule has 0 aromatic heterocycles. The van der Waals surface area contributed by atoms with Gasteiger partial charge in [0.05, 0.1) is 11.1 Å². The van der Waals surface area contributed by atoms with Crippen LogP contribution in [0.1, 0.15) is 26.3 Å². The van der Waals surface area contributed by atoms with Gasteiger partial charge in [0.15, 0.2) is 0 Å². The molecule has 0 fully saturated rings. The van der Waals surface area contributed by atoms with Crippen molar-refractivity contribution in [3.8, 4) is 5.75 Å². The van der Waals surface area contributed by atoms with Crippen LogP contribution in [0.4, 0.5) is 5.69 Å². The maximum absolute atomic E-state index is 11.8. The van der Waals surface area contributed by atoms with Gasteiger partial charge in [0.25, 0.3) is 0 Å². The first-order valence-electron chi connectivity index (χ1n) is 7.47. The molecule has 1 aromatic carbocycles. The van der Waals surface area contributed by atoms with E-state index >= 15 is 0 Å². The maximum Gasteiger partial charge on any atom is 0.360 e. The smallest absolute Gasteiger partial charge is 0.360 e. The molecule has 1 aliphatic rings. The number of anilines is 1. The van der Waals surface area contributed by atoms with Crippen LogP contribution in [0.2, 0.25) is 0 Å². The van der Waals surface area contributed by atoms with Gasteiger partial charge in [0.1, 0.15) is 12.3 Å². The van der Waals surface area contributed by atoms with Gasteiger partial charge in [-0.2, -0.15) is 8.42 Å². The molecule has 0 spiro atoms. The molecule has 0 aliphatic carbocycles. The number of likely N-dealkylation sites (N-methyl/N-ethyl adjacent to an activating group) is 1. The number of carbonyl (C=O) groups is 1. The van der Waals surface area contributed by atoms with Crippen molar-refractivity contribution < 1.29 is 27.2 Å². The lowest BCUT2D eigenvalue weighted by molar-refractivity contribution is -0.119. The molecule has 1 atom stereocenters. The SMILES string of the molecule is CCNC(=O)CN(c1ccc2c(c1)C(C)(C)C(OC)O2)S(=O)(=O)O. The van der Waals surface area contributed by atoms with Gasteiger partial charge in [-0.05, 0) is 39.0 Å². The summed E-state index contributed by atoms with van der Waals surface area (Å²) in [4.78, 5) is 11.8. The average molecular weight is 358 g/mol. The molecule has 1 unspecified atom stereocenters. The van der Waals surface area contributed by atoms with Crippen LogP contribution >= 0.6 is 0 Å². The third-order valence-corrected chi connectivity index (χ3v) is 4.82. The number of nitrogens with zero attached hydrogens (tertiary/aromatic N) is 1. The summed E-state index contributed by atoms with van der Waals surface area (Å²) < 4.78 is 44.5. The first-order chi connectivity index (χ1) is 11.1. The molecule has 24 heavy (non-hydrogen) atoms. The quantitative estimate of drug-likeness (QED) is 0.737. The summed E-state index contributed by atoms with van der Waals surface area (Å²) in [5.41, 5.74) is 0.392. The minimum Gasteiger partial charge on any atom is -0.464 e. The Labute approximate surface area is 141 Å². The lowest BCUT2D eigenvalue weighted by Crippen LogP contribution is -2.40. The second-order valence-corrected chi connectivity index (χ2v) is 7.36. The van der Waals surface area contributed by atoms with Crippen molar-refractivity contribution in [2.45, 2.75) is 32.5 Å². The number of carbonyl (C=O) groups excluding carboxylic acids is 1. The number of hydrogen-bond donors (Lipinski definition) is 2. The van der Waals surface area contributed by atoms with Gasteiger partial charge >= 0.3 is 10.3 Å². The van der Waals surface area contributed by atoms with Crippen molar-refractivity contribution in [3.63, 3.8) is 0 Å². The van der Waals surface area contributed by atoms with E-state index in [1.54, 1.807) is 19.1 Å². The molecule has 0 radical (unpaired) electrons. The summed E-state index contributed by atoms with van der Waals surface area (Å²) >= 11 is 0. The van der Waals surface area contributed by atoms with Crippen LogP contribution in [0, 0.1) is 0 Å². The Morgan fingerprint density at radius 3 is 2.67 bits per heavy atom. The van der Waals surface area contributed by atoms with Gasteiger partial charge in [-0.15, -0.1) is 0 Å². The molecule has 1 aromatic rings. The van der Waals surface area contributed by atoms with E-state index in [1.807, 2.05) is 13.8 Å². The Morgan fingerprint density at radius 2 is 2.12 bits per heavy atom. The van der Waals surface area contributed by atoms with Crippen LogP contribution in [-0.2, 0) is 25.3 Å². The molecule has 0 saturated heterocycles. The Balaban J connectivity index is 2.42. The number of rotatable bonds is 6. The van der Waals surface area contributed by atoms with E-state index in [-0.39, 0.29) is 5.69 Å². The van der Waals surface area contributed by atoms with Crippen LogP contribution in [0.3, 0.4) is 0 Å².